The summed E-state index contributed by atoms with van der Waals surface area (Å²) < 4.78 is 13.3. The minimum atomic E-state index is -0.347. The molecule has 2 heterocycles. The first-order valence-electron chi connectivity index (χ1n) is 6.95. The molecule has 1 aromatic rings. The Balaban J connectivity index is 1.93. The van der Waals surface area contributed by atoms with Crippen LogP contribution in [0.15, 0.2) is 18.2 Å². The molecule has 106 valence electrons. The van der Waals surface area contributed by atoms with Crippen LogP contribution in [0.3, 0.4) is 0 Å². The smallest absolute Gasteiger partial charge is 0.254 e. The first kappa shape index (κ1) is 13.1. The van der Waals surface area contributed by atoms with Gasteiger partial charge in [-0.15, -0.1) is 0 Å². The molecular weight excluding hydrogens is 259 g/mol. The zero-order valence-corrected chi connectivity index (χ0v) is 11.1. The molecule has 0 aliphatic carbocycles. The van der Waals surface area contributed by atoms with Crippen molar-refractivity contribution >= 4 is 11.8 Å². The van der Waals surface area contributed by atoms with Crippen LogP contribution in [-0.4, -0.2) is 29.3 Å². The van der Waals surface area contributed by atoms with Crippen LogP contribution in [0.25, 0.3) is 0 Å². The Morgan fingerprint density at radius 3 is 2.85 bits per heavy atom. The zero-order valence-electron chi connectivity index (χ0n) is 11.1. The van der Waals surface area contributed by atoms with E-state index in [0.717, 1.165) is 24.8 Å². The van der Waals surface area contributed by atoms with Crippen molar-refractivity contribution in [3.63, 3.8) is 0 Å². The minimum absolute atomic E-state index is 0.103. The van der Waals surface area contributed by atoms with Crippen molar-refractivity contribution in [3.05, 3.63) is 35.1 Å². The molecule has 0 aromatic heterocycles. The fourth-order valence-corrected chi connectivity index (χ4v) is 3.26. The molecule has 3 rings (SSSR count). The van der Waals surface area contributed by atoms with Gasteiger partial charge in [0.15, 0.2) is 0 Å². The van der Waals surface area contributed by atoms with Crippen LogP contribution in [0.1, 0.15) is 35.2 Å². The minimum Gasteiger partial charge on any atom is -0.369 e. The average molecular weight is 276 g/mol. The van der Waals surface area contributed by atoms with E-state index in [2.05, 4.69) is 0 Å². The summed E-state index contributed by atoms with van der Waals surface area (Å²) in [7, 11) is 0. The highest BCUT2D eigenvalue weighted by atomic mass is 19.1. The molecule has 0 spiro atoms. The van der Waals surface area contributed by atoms with Crippen molar-refractivity contribution in [1.29, 1.82) is 0 Å². The number of benzene rings is 1. The van der Waals surface area contributed by atoms with E-state index in [9.17, 15) is 14.0 Å². The second-order valence-electron chi connectivity index (χ2n) is 5.63. The highest BCUT2D eigenvalue weighted by Crippen LogP contribution is 2.31. The molecule has 1 aromatic carbocycles. The van der Waals surface area contributed by atoms with E-state index in [1.165, 1.54) is 12.1 Å². The van der Waals surface area contributed by atoms with E-state index in [-0.39, 0.29) is 29.6 Å². The van der Waals surface area contributed by atoms with E-state index < -0.39 is 0 Å². The van der Waals surface area contributed by atoms with Gasteiger partial charge in [0, 0.05) is 18.2 Å². The molecule has 1 saturated heterocycles. The fraction of sp³-hybridized carbons (Fsp3) is 0.467. The Bertz CT molecular complexity index is 573. The summed E-state index contributed by atoms with van der Waals surface area (Å²) in [6.07, 6.45) is 3.03. The van der Waals surface area contributed by atoms with Gasteiger partial charge in [0.25, 0.3) is 5.91 Å². The Labute approximate surface area is 116 Å². The predicted molar refractivity (Wildman–Crippen MR) is 71.5 cm³/mol. The number of primary amides is 1. The number of amides is 2. The maximum absolute atomic E-state index is 13.3. The fourth-order valence-electron chi connectivity index (χ4n) is 3.26. The highest BCUT2D eigenvalue weighted by molar-refractivity contribution is 5.96. The van der Waals surface area contributed by atoms with Gasteiger partial charge < -0.3 is 10.6 Å². The monoisotopic (exact) mass is 276 g/mol. The Hall–Kier alpha value is -1.91. The molecule has 5 heteroatoms. The number of piperidine rings is 1. The van der Waals surface area contributed by atoms with Crippen molar-refractivity contribution in [2.75, 3.05) is 6.54 Å². The quantitative estimate of drug-likeness (QED) is 0.844. The summed E-state index contributed by atoms with van der Waals surface area (Å²) >= 11 is 0. The third-order valence-corrected chi connectivity index (χ3v) is 4.41. The maximum Gasteiger partial charge on any atom is 0.254 e. The van der Waals surface area contributed by atoms with Gasteiger partial charge in [-0.25, -0.2) is 4.39 Å². The maximum atomic E-state index is 13.3. The van der Waals surface area contributed by atoms with Crippen LogP contribution >= 0.6 is 0 Å². The molecule has 0 bridgehead atoms. The number of fused-ring (bicyclic) bond motifs is 2. The van der Waals surface area contributed by atoms with E-state index in [1.54, 1.807) is 11.0 Å². The van der Waals surface area contributed by atoms with Crippen LogP contribution < -0.4 is 5.73 Å². The third kappa shape index (κ3) is 2.17. The second kappa shape index (κ2) is 4.89. The lowest BCUT2D eigenvalue weighted by Gasteiger charge is -2.37. The number of rotatable bonds is 1. The molecule has 2 aliphatic rings. The number of aryl methyl sites for hydroxylation is 1. The molecule has 0 unspecified atom stereocenters. The lowest BCUT2D eigenvalue weighted by Crippen LogP contribution is -2.49. The molecule has 0 saturated carbocycles. The summed E-state index contributed by atoms with van der Waals surface area (Å²) in [5.41, 5.74) is 6.68. The van der Waals surface area contributed by atoms with Crippen LogP contribution in [0.5, 0.6) is 0 Å². The molecule has 0 radical (unpaired) electrons. The van der Waals surface area contributed by atoms with Gasteiger partial charge in [0.1, 0.15) is 5.82 Å². The molecule has 2 amide bonds. The number of halogens is 1. The van der Waals surface area contributed by atoms with E-state index in [0.29, 0.717) is 18.5 Å². The van der Waals surface area contributed by atoms with Crippen LogP contribution in [0, 0.1) is 11.7 Å². The lowest BCUT2D eigenvalue weighted by molar-refractivity contribution is -0.123. The van der Waals surface area contributed by atoms with Crippen molar-refractivity contribution in [2.45, 2.75) is 31.7 Å². The summed E-state index contributed by atoms with van der Waals surface area (Å²) in [6, 6.07) is 4.43. The number of nitrogens with zero attached hydrogens (tertiary/aromatic N) is 1. The summed E-state index contributed by atoms with van der Waals surface area (Å²) in [5.74, 6) is -1.03. The number of hydrogen-bond acceptors (Lipinski definition) is 2. The predicted octanol–water partition coefficient (Wildman–Crippen LogP) is 1.48. The van der Waals surface area contributed by atoms with Gasteiger partial charge in [0.2, 0.25) is 5.91 Å². The zero-order chi connectivity index (χ0) is 14.3. The van der Waals surface area contributed by atoms with Crippen molar-refractivity contribution < 1.29 is 14.0 Å². The van der Waals surface area contributed by atoms with Gasteiger partial charge in [-0.05, 0) is 49.4 Å². The van der Waals surface area contributed by atoms with Gasteiger partial charge >= 0.3 is 0 Å². The number of carbonyl (C=O) groups excluding carboxylic acids is 2. The van der Waals surface area contributed by atoms with Crippen molar-refractivity contribution in [3.8, 4) is 0 Å². The Morgan fingerprint density at radius 1 is 1.30 bits per heavy atom. The normalized spacial score (nSPS) is 25.6. The molecule has 2 aliphatic heterocycles. The summed E-state index contributed by atoms with van der Waals surface area (Å²) in [6.45, 7) is 0.385. The molecule has 2 atom stereocenters. The van der Waals surface area contributed by atoms with Gasteiger partial charge in [-0.2, -0.15) is 0 Å². The largest absolute Gasteiger partial charge is 0.369 e. The van der Waals surface area contributed by atoms with E-state index in [4.69, 9.17) is 5.73 Å². The number of nitrogens with two attached hydrogens (primary N) is 1. The average Bonchev–Trinajstić information content (AvgIpc) is 2.56. The highest BCUT2D eigenvalue weighted by Gasteiger charge is 2.36. The third-order valence-electron chi connectivity index (χ3n) is 4.41. The molecule has 4 nitrogen and oxygen atoms in total. The number of hydrogen-bond donors (Lipinski definition) is 1. The standard InChI is InChI=1S/C15H17FN2O2/c16-11-3-6-13-9(7-11)1-4-12-5-2-10(14(17)19)8-18(12)15(13)20/h3,6-7,10,12H,1-2,4-5,8H2,(H2,17,19)/t10-,12+/m0/s1. The van der Waals surface area contributed by atoms with Crippen LogP contribution in [0.2, 0.25) is 0 Å². The van der Waals surface area contributed by atoms with Gasteiger partial charge in [-0.3, -0.25) is 9.59 Å². The Kier molecular flexibility index (Phi) is 3.20. The SMILES string of the molecule is NC(=O)[C@H]1CC[C@H]2CCc3cc(F)ccc3C(=O)N2C1. The first-order chi connectivity index (χ1) is 9.56. The summed E-state index contributed by atoms with van der Waals surface area (Å²) in [5, 5.41) is 0. The molecule has 20 heavy (non-hydrogen) atoms. The summed E-state index contributed by atoms with van der Waals surface area (Å²) in [4.78, 5) is 25.7. The lowest BCUT2D eigenvalue weighted by atomic mass is 9.90. The van der Waals surface area contributed by atoms with Gasteiger partial charge in [-0.1, -0.05) is 0 Å². The van der Waals surface area contributed by atoms with Crippen molar-refractivity contribution in [2.24, 2.45) is 11.7 Å². The molecular formula is C15H17FN2O2. The number of carbonyl (C=O) groups is 2. The topological polar surface area (TPSA) is 63.4 Å². The van der Waals surface area contributed by atoms with Crippen LogP contribution in [-0.2, 0) is 11.2 Å². The Morgan fingerprint density at radius 2 is 2.10 bits per heavy atom. The second-order valence-corrected chi connectivity index (χ2v) is 5.63. The van der Waals surface area contributed by atoms with Crippen LogP contribution in [0.4, 0.5) is 4.39 Å². The first-order valence-corrected chi connectivity index (χ1v) is 6.95. The van der Waals surface area contributed by atoms with Crippen molar-refractivity contribution in [1.82, 2.24) is 4.90 Å². The van der Waals surface area contributed by atoms with Gasteiger partial charge in [0.05, 0.1) is 5.92 Å². The molecule has 1 fully saturated rings. The molecule has 2 N–H and O–H groups in total. The van der Waals surface area contributed by atoms with E-state index >= 15 is 0 Å². The van der Waals surface area contributed by atoms with E-state index in [1.807, 2.05) is 0 Å².